The number of para-hydroxylation sites is 1. The van der Waals surface area contributed by atoms with Crippen LogP contribution in [0.2, 0.25) is 0 Å². The van der Waals surface area contributed by atoms with Crippen LogP contribution >= 0.6 is 11.3 Å². The van der Waals surface area contributed by atoms with Crippen LogP contribution in [0.3, 0.4) is 0 Å². The van der Waals surface area contributed by atoms with Gasteiger partial charge in [-0.2, -0.15) is 0 Å². The van der Waals surface area contributed by atoms with Crippen LogP contribution in [0.25, 0.3) is 21.0 Å². The van der Waals surface area contributed by atoms with Gasteiger partial charge in [-0.3, -0.25) is 4.79 Å². The molecule has 0 aliphatic carbocycles. The van der Waals surface area contributed by atoms with Crippen molar-refractivity contribution in [2.45, 2.75) is 13.1 Å². The lowest BCUT2D eigenvalue weighted by molar-refractivity contribution is 0.0943. The van der Waals surface area contributed by atoms with Gasteiger partial charge in [0.2, 0.25) is 0 Å². The Kier molecular flexibility index (Phi) is 4.47. The van der Waals surface area contributed by atoms with Gasteiger partial charge in [-0.25, -0.2) is 9.97 Å². The zero-order valence-corrected chi connectivity index (χ0v) is 14.6. The number of nitrogens with two attached hydrogens (primary N) is 1. The van der Waals surface area contributed by atoms with Crippen molar-refractivity contribution in [2.24, 2.45) is 5.73 Å². The molecule has 0 spiro atoms. The summed E-state index contributed by atoms with van der Waals surface area (Å²) < 4.78 is 6.93. The smallest absolute Gasteiger partial charge is 0.270 e. The standard InChI is InChI=1S/C19H16N4O2S/c20-10-12-4-3-6-15(22-12)18(24)21-11-13-8-9-16(25-13)19-23-14-5-1-2-7-17(14)26-19/h1-9H,10-11,20H2,(H,21,24). The lowest BCUT2D eigenvalue weighted by Crippen LogP contribution is -2.24. The minimum absolute atomic E-state index is 0.266. The second kappa shape index (κ2) is 7.07. The van der Waals surface area contributed by atoms with Crippen molar-refractivity contribution in [2.75, 3.05) is 0 Å². The van der Waals surface area contributed by atoms with E-state index >= 15 is 0 Å². The first-order valence-electron chi connectivity index (χ1n) is 8.12. The van der Waals surface area contributed by atoms with Crippen molar-refractivity contribution in [1.29, 1.82) is 0 Å². The van der Waals surface area contributed by atoms with Crippen LogP contribution < -0.4 is 11.1 Å². The summed E-state index contributed by atoms with van der Waals surface area (Å²) in [7, 11) is 0. The molecule has 0 aliphatic rings. The maximum absolute atomic E-state index is 12.2. The van der Waals surface area contributed by atoms with E-state index in [0.29, 0.717) is 29.5 Å². The minimum atomic E-state index is -0.266. The number of pyridine rings is 1. The average molecular weight is 364 g/mol. The number of hydrogen-bond donors (Lipinski definition) is 2. The number of carbonyl (C=O) groups excluding carboxylic acids is 1. The largest absolute Gasteiger partial charge is 0.457 e. The first-order chi connectivity index (χ1) is 12.7. The minimum Gasteiger partial charge on any atom is -0.457 e. The van der Waals surface area contributed by atoms with E-state index in [-0.39, 0.29) is 12.5 Å². The molecule has 0 aliphatic heterocycles. The molecule has 0 fully saturated rings. The van der Waals surface area contributed by atoms with Gasteiger partial charge in [-0.05, 0) is 36.4 Å². The zero-order chi connectivity index (χ0) is 17.9. The van der Waals surface area contributed by atoms with Crippen LogP contribution in [-0.2, 0) is 13.1 Å². The number of furan rings is 1. The summed E-state index contributed by atoms with van der Waals surface area (Å²) in [4.78, 5) is 21.0. The molecule has 0 radical (unpaired) electrons. The summed E-state index contributed by atoms with van der Waals surface area (Å²) in [5.41, 5.74) is 7.52. The molecule has 26 heavy (non-hydrogen) atoms. The summed E-state index contributed by atoms with van der Waals surface area (Å²) in [6.45, 7) is 0.573. The average Bonchev–Trinajstić information content (AvgIpc) is 3.32. The molecule has 1 aromatic carbocycles. The lowest BCUT2D eigenvalue weighted by Gasteiger charge is -2.04. The molecule has 3 heterocycles. The summed E-state index contributed by atoms with van der Waals surface area (Å²) in [6.07, 6.45) is 0. The molecule has 1 amide bonds. The Morgan fingerprint density at radius 3 is 2.81 bits per heavy atom. The molecule has 3 aromatic heterocycles. The third-order valence-corrected chi connectivity index (χ3v) is 4.89. The van der Waals surface area contributed by atoms with Gasteiger partial charge < -0.3 is 15.5 Å². The lowest BCUT2D eigenvalue weighted by atomic mass is 10.3. The highest BCUT2D eigenvalue weighted by molar-refractivity contribution is 7.21. The van der Waals surface area contributed by atoms with E-state index in [2.05, 4.69) is 15.3 Å². The molecule has 7 heteroatoms. The van der Waals surface area contributed by atoms with Gasteiger partial charge in [-0.1, -0.05) is 18.2 Å². The van der Waals surface area contributed by atoms with E-state index in [9.17, 15) is 4.79 Å². The van der Waals surface area contributed by atoms with Gasteiger partial charge in [0.1, 0.15) is 11.5 Å². The Hall–Kier alpha value is -3.03. The summed E-state index contributed by atoms with van der Waals surface area (Å²) in [5, 5.41) is 3.63. The van der Waals surface area contributed by atoms with Crippen LogP contribution in [-0.4, -0.2) is 15.9 Å². The SMILES string of the molecule is NCc1cccc(C(=O)NCc2ccc(-c3nc4ccccc4s3)o2)n1. The molecule has 130 valence electrons. The van der Waals surface area contributed by atoms with Gasteiger partial charge >= 0.3 is 0 Å². The number of amides is 1. The van der Waals surface area contributed by atoms with E-state index in [0.717, 1.165) is 15.2 Å². The Balaban J connectivity index is 1.45. The van der Waals surface area contributed by atoms with E-state index in [4.69, 9.17) is 10.2 Å². The number of hydrogen-bond acceptors (Lipinski definition) is 6. The van der Waals surface area contributed by atoms with Crippen LogP contribution in [0.5, 0.6) is 0 Å². The number of benzene rings is 1. The predicted octanol–water partition coefficient (Wildman–Crippen LogP) is 3.34. The molecule has 3 N–H and O–H groups in total. The van der Waals surface area contributed by atoms with E-state index in [1.54, 1.807) is 29.5 Å². The van der Waals surface area contributed by atoms with E-state index in [1.165, 1.54) is 0 Å². The normalized spacial score (nSPS) is 11.0. The summed E-state index contributed by atoms with van der Waals surface area (Å²) in [6, 6.07) is 16.9. The van der Waals surface area contributed by atoms with Crippen molar-refractivity contribution in [3.63, 3.8) is 0 Å². The number of nitrogens with zero attached hydrogens (tertiary/aromatic N) is 2. The molecule has 0 unspecified atom stereocenters. The van der Waals surface area contributed by atoms with Gasteiger partial charge in [0.05, 0.1) is 22.5 Å². The van der Waals surface area contributed by atoms with Crippen molar-refractivity contribution in [1.82, 2.24) is 15.3 Å². The first-order valence-corrected chi connectivity index (χ1v) is 8.93. The molecular weight excluding hydrogens is 348 g/mol. The molecule has 4 aromatic rings. The summed E-state index contributed by atoms with van der Waals surface area (Å²) in [5.74, 6) is 1.08. The second-order valence-electron chi connectivity index (χ2n) is 5.65. The third-order valence-electron chi connectivity index (χ3n) is 3.84. The van der Waals surface area contributed by atoms with Crippen molar-refractivity contribution in [3.05, 3.63) is 71.7 Å². The number of nitrogens with one attached hydrogen (secondary N) is 1. The zero-order valence-electron chi connectivity index (χ0n) is 13.8. The van der Waals surface area contributed by atoms with Gasteiger partial charge in [0.25, 0.3) is 5.91 Å². The molecular formula is C19H16N4O2S. The number of carbonyl (C=O) groups is 1. The Morgan fingerprint density at radius 2 is 1.96 bits per heavy atom. The Labute approximate surface area is 153 Å². The number of fused-ring (bicyclic) bond motifs is 1. The highest BCUT2D eigenvalue weighted by Gasteiger charge is 2.12. The fraction of sp³-hybridized carbons (Fsp3) is 0.105. The maximum Gasteiger partial charge on any atom is 0.270 e. The topological polar surface area (TPSA) is 94.0 Å². The maximum atomic E-state index is 12.2. The highest BCUT2D eigenvalue weighted by atomic mass is 32.1. The molecule has 0 atom stereocenters. The molecule has 6 nitrogen and oxygen atoms in total. The summed E-state index contributed by atoms with van der Waals surface area (Å²) >= 11 is 1.58. The van der Waals surface area contributed by atoms with Crippen molar-refractivity contribution >= 4 is 27.5 Å². The molecule has 0 bridgehead atoms. The molecule has 0 saturated heterocycles. The van der Waals surface area contributed by atoms with E-state index in [1.807, 2.05) is 36.4 Å². The number of thiazole rings is 1. The second-order valence-corrected chi connectivity index (χ2v) is 6.68. The van der Waals surface area contributed by atoms with Crippen LogP contribution in [0, 0.1) is 0 Å². The fourth-order valence-electron chi connectivity index (χ4n) is 2.54. The van der Waals surface area contributed by atoms with Gasteiger partial charge in [-0.15, -0.1) is 11.3 Å². The monoisotopic (exact) mass is 364 g/mol. The van der Waals surface area contributed by atoms with Gasteiger partial charge in [0, 0.05) is 6.54 Å². The fourth-order valence-corrected chi connectivity index (χ4v) is 3.47. The van der Waals surface area contributed by atoms with E-state index < -0.39 is 0 Å². The van der Waals surface area contributed by atoms with Crippen molar-refractivity contribution in [3.8, 4) is 10.8 Å². The van der Waals surface area contributed by atoms with Crippen LogP contribution in [0.1, 0.15) is 21.9 Å². The third kappa shape index (κ3) is 3.35. The quantitative estimate of drug-likeness (QED) is 0.566. The first kappa shape index (κ1) is 16.4. The van der Waals surface area contributed by atoms with Gasteiger partial charge in [0.15, 0.2) is 10.8 Å². The Morgan fingerprint density at radius 1 is 1.08 bits per heavy atom. The van der Waals surface area contributed by atoms with Crippen LogP contribution in [0.15, 0.2) is 59.0 Å². The number of rotatable bonds is 5. The van der Waals surface area contributed by atoms with Crippen molar-refractivity contribution < 1.29 is 9.21 Å². The predicted molar refractivity (Wildman–Crippen MR) is 101 cm³/mol. The number of aromatic nitrogens is 2. The Bertz CT molecular complexity index is 1040. The van der Waals surface area contributed by atoms with Crippen LogP contribution in [0.4, 0.5) is 0 Å². The molecule has 0 saturated carbocycles. The molecule has 4 rings (SSSR count). The highest BCUT2D eigenvalue weighted by Crippen LogP contribution is 2.31.